The average Bonchev–Trinajstić information content (AvgIpc) is 3.50. The largest absolute Gasteiger partial charge is 0.162 e. The zero-order valence-corrected chi connectivity index (χ0v) is 27.5. The third-order valence-corrected chi connectivity index (χ3v) is 13.9. The first-order valence-corrected chi connectivity index (χ1v) is 18.0. The third kappa shape index (κ3) is 5.86. The van der Waals surface area contributed by atoms with Crippen LogP contribution in [0.3, 0.4) is 0 Å². The Bertz CT molecular complexity index is 1170. The summed E-state index contributed by atoms with van der Waals surface area (Å²) in [4.78, 5) is 0. The van der Waals surface area contributed by atoms with E-state index in [2.05, 4.69) is 128 Å². The molecule has 0 aliphatic heterocycles. The van der Waals surface area contributed by atoms with Gasteiger partial charge in [0.25, 0.3) is 0 Å². The van der Waals surface area contributed by atoms with Crippen LogP contribution in [-0.2, 0) is 38.5 Å². The SMILES string of the molecule is CCc1cc(CC)cc([Si]([C]2C=CC(C(C)CC)=C2)(c2cc(CC)cc(CC)c2)c2cc(CC)cc(CC)c2)c1. The normalized spacial score (nSPS) is 14.6. The molecule has 1 atom stereocenters. The summed E-state index contributed by atoms with van der Waals surface area (Å²) in [6.07, 6.45) is 15.1. The van der Waals surface area contributed by atoms with Crippen LogP contribution in [-0.4, -0.2) is 8.07 Å². The zero-order chi connectivity index (χ0) is 28.9. The molecule has 0 N–H and O–H groups in total. The molecule has 1 radical (unpaired) electrons. The highest BCUT2D eigenvalue weighted by molar-refractivity contribution is 7.15. The van der Waals surface area contributed by atoms with Crippen LogP contribution < -0.4 is 15.6 Å². The number of benzene rings is 3. The maximum atomic E-state index is 2.60. The molecule has 0 fully saturated rings. The van der Waals surface area contributed by atoms with E-state index in [1.54, 1.807) is 21.1 Å². The molecule has 3 aromatic rings. The van der Waals surface area contributed by atoms with Crippen molar-refractivity contribution in [2.45, 2.75) is 100 Å². The first-order valence-electron chi connectivity index (χ1n) is 16.0. The molecule has 3 aromatic carbocycles. The van der Waals surface area contributed by atoms with Crippen molar-refractivity contribution >= 4 is 23.6 Å². The number of rotatable bonds is 12. The highest BCUT2D eigenvalue weighted by Gasteiger charge is 2.47. The minimum atomic E-state index is -2.62. The van der Waals surface area contributed by atoms with Crippen LogP contribution in [0.4, 0.5) is 0 Å². The van der Waals surface area contributed by atoms with E-state index in [4.69, 9.17) is 0 Å². The number of hydrogen-bond donors (Lipinski definition) is 0. The van der Waals surface area contributed by atoms with Crippen LogP contribution >= 0.6 is 0 Å². The third-order valence-electron chi connectivity index (χ3n) is 9.30. The monoisotopic (exact) mass is 547 g/mol. The number of hydrogen-bond acceptors (Lipinski definition) is 0. The molecule has 211 valence electrons. The summed E-state index contributed by atoms with van der Waals surface area (Å²) in [5, 5.41) is 4.65. The summed E-state index contributed by atoms with van der Waals surface area (Å²) in [6, 6.07) is 22.8. The zero-order valence-electron chi connectivity index (χ0n) is 26.5. The van der Waals surface area contributed by atoms with Gasteiger partial charge in [0.2, 0.25) is 0 Å². The van der Waals surface area contributed by atoms with Crippen LogP contribution in [0.2, 0.25) is 0 Å². The van der Waals surface area contributed by atoms with Gasteiger partial charge in [0.1, 0.15) is 0 Å². The standard InChI is InChI=1S/C39H51Si/c1-9-28(8)35-16-17-36(27-35)40(37-21-29(10-2)18-30(11-3)22-37,38-23-31(12-4)19-32(13-5)24-38)39-25-33(14-6)20-34(15-7)26-39/h16-28H,9-15H2,1-8H3. The van der Waals surface area contributed by atoms with Gasteiger partial charge in [-0.15, -0.1) is 0 Å². The lowest BCUT2D eigenvalue weighted by Gasteiger charge is -2.39. The maximum absolute atomic E-state index is 2.62. The summed E-state index contributed by atoms with van der Waals surface area (Å²) < 4.78 is 0. The molecule has 0 heterocycles. The van der Waals surface area contributed by atoms with Gasteiger partial charge in [-0.2, -0.15) is 0 Å². The molecule has 0 saturated heterocycles. The molecule has 0 spiro atoms. The molecule has 0 bridgehead atoms. The van der Waals surface area contributed by atoms with Crippen molar-refractivity contribution in [3.05, 3.63) is 117 Å². The van der Waals surface area contributed by atoms with Gasteiger partial charge in [0.05, 0.1) is 0 Å². The van der Waals surface area contributed by atoms with E-state index in [9.17, 15) is 0 Å². The fourth-order valence-corrected chi connectivity index (χ4v) is 11.5. The van der Waals surface area contributed by atoms with Crippen LogP contribution in [0.5, 0.6) is 0 Å². The first kappa shape index (κ1) is 30.3. The Kier molecular flexibility index (Phi) is 10.1. The van der Waals surface area contributed by atoms with Crippen molar-refractivity contribution in [2.75, 3.05) is 0 Å². The van der Waals surface area contributed by atoms with Crippen LogP contribution in [0, 0.1) is 11.5 Å². The molecule has 0 aromatic heterocycles. The summed E-state index contributed by atoms with van der Waals surface area (Å²) in [7, 11) is -2.62. The van der Waals surface area contributed by atoms with Crippen LogP contribution in [0.15, 0.2) is 78.4 Å². The highest BCUT2D eigenvalue weighted by Crippen LogP contribution is 2.33. The fourth-order valence-electron chi connectivity index (χ4n) is 6.40. The van der Waals surface area contributed by atoms with Crippen molar-refractivity contribution in [3.63, 3.8) is 0 Å². The second kappa shape index (κ2) is 13.3. The summed E-state index contributed by atoms with van der Waals surface area (Å²) in [5.74, 6) is 0.565. The fraction of sp³-hybridized carbons (Fsp3) is 0.410. The minimum absolute atomic E-state index is 0.565. The summed E-state index contributed by atoms with van der Waals surface area (Å²) in [6.45, 7) is 18.6. The van der Waals surface area contributed by atoms with E-state index < -0.39 is 8.07 Å². The Balaban J connectivity index is 2.21. The van der Waals surface area contributed by atoms with Crippen LogP contribution in [0.1, 0.15) is 95.2 Å². The van der Waals surface area contributed by atoms with Gasteiger partial charge in [-0.05, 0) is 105 Å². The molecular weight excluding hydrogens is 497 g/mol. The summed E-state index contributed by atoms with van der Waals surface area (Å²) >= 11 is 0. The predicted molar refractivity (Wildman–Crippen MR) is 180 cm³/mol. The molecule has 4 rings (SSSR count). The van der Waals surface area contributed by atoms with Gasteiger partial charge in [0.15, 0.2) is 8.07 Å². The average molecular weight is 548 g/mol. The quantitative estimate of drug-likeness (QED) is 0.158. The molecule has 1 unspecified atom stereocenters. The predicted octanol–water partition coefficient (Wildman–Crippen LogP) is 8.19. The van der Waals surface area contributed by atoms with Gasteiger partial charge in [-0.25, -0.2) is 0 Å². The van der Waals surface area contributed by atoms with E-state index in [0.717, 1.165) is 38.5 Å². The lowest BCUT2D eigenvalue weighted by Crippen LogP contribution is -2.70. The van der Waals surface area contributed by atoms with Crippen LogP contribution in [0.25, 0.3) is 0 Å². The number of allylic oxidation sites excluding steroid dienone is 4. The maximum Gasteiger partial charge on any atom is 0.162 e. The second-order valence-electron chi connectivity index (χ2n) is 11.7. The van der Waals surface area contributed by atoms with E-state index in [1.807, 2.05) is 0 Å². The van der Waals surface area contributed by atoms with E-state index in [1.165, 1.54) is 45.4 Å². The van der Waals surface area contributed by atoms with Gasteiger partial charge in [-0.3, -0.25) is 0 Å². The van der Waals surface area contributed by atoms with E-state index in [0.29, 0.717) is 5.92 Å². The van der Waals surface area contributed by atoms with Gasteiger partial charge >= 0.3 is 0 Å². The van der Waals surface area contributed by atoms with Crippen molar-refractivity contribution in [1.82, 2.24) is 0 Å². The van der Waals surface area contributed by atoms with Crippen molar-refractivity contribution in [1.29, 1.82) is 0 Å². The molecule has 1 aliphatic rings. The first-order chi connectivity index (χ1) is 19.4. The summed E-state index contributed by atoms with van der Waals surface area (Å²) in [5.41, 5.74) is 11.8. The Morgan fingerprint density at radius 2 is 0.800 bits per heavy atom. The Morgan fingerprint density at radius 1 is 0.475 bits per heavy atom. The Morgan fingerprint density at radius 3 is 1.07 bits per heavy atom. The second-order valence-corrected chi connectivity index (χ2v) is 15.5. The Hall–Kier alpha value is -2.64. The number of aryl methyl sites for hydroxylation is 6. The smallest absolute Gasteiger partial charge is 0.0750 e. The van der Waals surface area contributed by atoms with E-state index in [-0.39, 0.29) is 0 Å². The lowest BCUT2D eigenvalue weighted by atomic mass is 10.0. The molecule has 1 aliphatic carbocycles. The van der Waals surface area contributed by atoms with Gasteiger partial charge in [0, 0.05) is 5.54 Å². The molecule has 1 heteroatoms. The van der Waals surface area contributed by atoms with E-state index >= 15 is 0 Å². The molecular formula is C39H51Si. The van der Waals surface area contributed by atoms with Crippen molar-refractivity contribution in [3.8, 4) is 0 Å². The molecule has 0 nitrogen and oxygen atoms in total. The molecule has 40 heavy (non-hydrogen) atoms. The minimum Gasteiger partial charge on any atom is -0.0750 e. The Labute approximate surface area is 246 Å². The molecule has 0 saturated carbocycles. The molecule has 0 amide bonds. The highest BCUT2D eigenvalue weighted by atomic mass is 28.3. The van der Waals surface area contributed by atoms with Crippen molar-refractivity contribution < 1.29 is 0 Å². The topological polar surface area (TPSA) is 0 Å². The lowest BCUT2D eigenvalue weighted by molar-refractivity contribution is 0.672. The van der Waals surface area contributed by atoms with Gasteiger partial charge in [-0.1, -0.05) is 128 Å². The van der Waals surface area contributed by atoms with Gasteiger partial charge < -0.3 is 0 Å². The van der Waals surface area contributed by atoms with Crippen molar-refractivity contribution in [2.24, 2.45) is 5.92 Å².